The average Bonchev–Trinajstić information content (AvgIpc) is 3.24. The standard InChI is InChI=1S/C29H31NO5/c1-3-17-34-20-29(19-30-28(32)33-2,27(31)35-18-21-11-5-4-6-12-21)26-24-15-9-7-13-22(24)23-14-8-10-16-25(23)26/h4-16,26H,3,17-20H2,1-2H3,(H,30,32)/t29-/m1/s1. The van der Waals surface area contributed by atoms with Crippen molar-refractivity contribution in [1.29, 1.82) is 0 Å². The van der Waals surface area contributed by atoms with Crippen LogP contribution in [0.1, 0.15) is 36.0 Å². The second-order valence-electron chi connectivity index (χ2n) is 8.72. The Labute approximate surface area is 206 Å². The van der Waals surface area contributed by atoms with Crippen LogP contribution in [-0.4, -0.2) is 38.9 Å². The Morgan fingerprint density at radius 3 is 2.09 bits per heavy atom. The molecule has 0 spiro atoms. The minimum atomic E-state index is -1.21. The summed E-state index contributed by atoms with van der Waals surface area (Å²) in [5, 5.41) is 2.78. The van der Waals surface area contributed by atoms with E-state index >= 15 is 0 Å². The Kier molecular flexibility index (Phi) is 7.83. The van der Waals surface area contributed by atoms with Crippen LogP contribution in [0.2, 0.25) is 0 Å². The van der Waals surface area contributed by atoms with Gasteiger partial charge < -0.3 is 19.5 Å². The van der Waals surface area contributed by atoms with Crippen LogP contribution < -0.4 is 5.32 Å². The topological polar surface area (TPSA) is 73.9 Å². The summed E-state index contributed by atoms with van der Waals surface area (Å²) in [4.78, 5) is 26.2. The van der Waals surface area contributed by atoms with Gasteiger partial charge in [0.05, 0.1) is 13.7 Å². The lowest BCUT2D eigenvalue weighted by atomic mass is 9.70. The highest BCUT2D eigenvalue weighted by atomic mass is 16.5. The maximum absolute atomic E-state index is 14.0. The second kappa shape index (κ2) is 11.2. The zero-order valence-corrected chi connectivity index (χ0v) is 20.2. The Bertz CT molecular complexity index is 1120. The van der Waals surface area contributed by atoms with Crippen molar-refractivity contribution in [2.75, 3.05) is 26.9 Å². The number of nitrogens with one attached hydrogen (secondary N) is 1. The molecule has 0 aliphatic heterocycles. The van der Waals surface area contributed by atoms with E-state index in [1.165, 1.54) is 7.11 Å². The minimum Gasteiger partial charge on any atom is -0.460 e. The van der Waals surface area contributed by atoms with Crippen molar-refractivity contribution in [2.24, 2.45) is 5.41 Å². The fourth-order valence-corrected chi connectivity index (χ4v) is 4.80. The summed E-state index contributed by atoms with van der Waals surface area (Å²) < 4.78 is 16.8. The van der Waals surface area contributed by atoms with Crippen molar-refractivity contribution in [3.8, 4) is 11.1 Å². The molecule has 4 rings (SSSR count). The third-order valence-corrected chi connectivity index (χ3v) is 6.45. The molecule has 1 atom stereocenters. The molecular weight excluding hydrogens is 442 g/mol. The summed E-state index contributed by atoms with van der Waals surface area (Å²) in [5.41, 5.74) is 3.84. The fourth-order valence-electron chi connectivity index (χ4n) is 4.80. The molecular formula is C29H31NO5. The largest absolute Gasteiger partial charge is 0.460 e. The van der Waals surface area contributed by atoms with Gasteiger partial charge in [0.25, 0.3) is 0 Å². The van der Waals surface area contributed by atoms with Crippen LogP contribution in [0.15, 0.2) is 78.9 Å². The summed E-state index contributed by atoms with van der Waals surface area (Å²) in [6.07, 6.45) is 0.192. The van der Waals surface area contributed by atoms with E-state index < -0.39 is 17.5 Å². The third kappa shape index (κ3) is 5.08. The molecule has 1 aliphatic carbocycles. The average molecular weight is 474 g/mol. The van der Waals surface area contributed by atoms with Gasteiger partial charge in [-0.25, -0.2) is 4.79 Å². The number of hydrogen-bond donors (Lipinski definition) is 1. The molecule has 1 aliphatic rings. The fraction of sp³-hybridized carbons (Fsp3) is 0.310. The zero-order chi connectivity index (χ0) is 24.7. The van der Waals surface area contributed by atoms with Gasteiger partial charge >= 0.3 is 12.1 Å². The Morgan fingerprint density at radius 2 is 1.49 bits per heavy atom. The van der Waals surface area contributed by atoms with E-state index in [1.54, 1.807) is 0 Å². The highest BCUT2D eigenvalue weighted by Gasteiger charge is 2.52. The summed E-state index contributed by atoms with van der Waals surface area (Å²) >= 11 is 0. The normalized spacial score (nSPS) is 13.9. The number of ether oxygens (including phenoxy) is 3. The first-order valence-corrected chi connectivity index (χ1v) is 11.9. The predicted molar refractivity (Wildman–Crippen MR) is 134 cm³/mol. The van der Waals surface area contributed by atoms with Crippen LogP contribution >= 0.6 is 0 Å². The van der Waals surface area contributed by atoms with E-state index in [2.05, 4.69) is 17.4 Å². The van der Waals surface area contributed by atoms with E-state index in [0.717, 1.165) is 34.2 Å². The molecule has 0 bridgehead atoms. The molecule has 182 valence electrons. The molecule has 1 amide bonds. The van der Waals surface area contributed by atoms with Crippen LogP contribution in [0.5, 0.6) is 0 Å². The number of fused-ring (bicyclic) bond motifs is 3. The summed E-state index contributed by atoms with van der Waals surface area (Å²) in [6.45, 7) is 2.73. The molecule has 0 saturated carbocycles. The first-order chi connectivity index (χ1) is 17.1. The van der Waals surface area contributed by atoms with Crippen LogP contribution in [-0.2, 0) is 25.6 Å². The molecule has 3 aromatic carbocycles. The molecule has 0 fully saturated rings. The van der Waals surface area contributed by atoms with Crippen molar-refractivity contribution in [1.82, 2.24) is 5.32 Å². The SMILES string of the molecule is CCCOC[C@@](CNC(=O)OC)(C(=O)OCc1ccccc1)C1c2ccccc2-c2ccccc21. The molecule has 0 radical (unpaired) electrons. The van der Waals surface area contributed by atoms with E-state index in [-0.39, 0.29) is 25.7 Å². The smallest absolute Gasteiger partial charge is 0.406 e. The van der Waals surface area contributed by atoms with Crippen LogP contribution in [0.25, 0.3) is 11.1 Å². The van der Waals surface area contributed by atoms with E-state index in [9.17, 15) is 9.59 Å². The molecule has 35 heavy (non-hydrogen) atoms. The summed E-state index contributed by atoms with van der Waals surface area (Å²) in [7, 11) is 1.30. The van der Waals surface area contributed by atoms with Gasteiger partial charge in [0.15, 0.2) is 0 Å². The van der Waals surface area contributed by atoms with Crippen LogP contribution in [0, 0.1) is 5.41 Å². The first-order valence-electron chi connectivity index (χ1n) is 11.9. The van der Waals surface area contributed by atoms with Crippen molar-refractivity contribution in [3.05, 3.63) is 95.6 Å². The lowest BCUT2D eigenvalue weighted by molar-refractivity contribution is -0.162. The van der Waals surface area contributed by atoms with Crippen molar-refractivity contribution >= 4 is 12.1 Å². The maximum Gasteiger partial charge on any atom is 0.406 e. The molecule has 6 heteroatoms. The van der Waals surface area contributed by atoms with Crippen LogP contribution in [0.4, 0.5) is 4.79 Å². The molecule has 0 unspecified atom stereocenters. The number of rotatable bonds is 10. The number of alkyl carbamates (subject to hydrolysis) is 1. The molecule has 6 nitrogen and oxygen atoms in total. The number of amides is 1. The quantitative estimate of drug-likeness (QED) is 0.319. The molecule has 0 saturated heterocycles. The molecule has 0 aromatic heterocycles. The van der Waals surface area contributed by atoms with Gasteiger partial charge in [-0.1, -0.05) is 85.8 Å². The predicted octanol–water partition coefficient (Wildman–Crippen LogP) is 5.31. The van der Waals surface area contributed by atoms with Crippen LogP contribution in [0.3, 0.4) is 0 Å². The maximum atomic E-state index is 14.0. The molecule has 1 N–H and O–H groups in total. The van der Waals surface area contributed by atoms with Crippen molar-refractivity contribution < 1.29 is 23.8 Å². The number of carbonyl (C=O) groups is 2. The van der Waals surface area contributed by atoms with Gasteiger partial charge in [0.1, 0.15) is 12.0 Å². The zero-order valence-electron chi connectivity index (χ0n) is 20.2. The third-order valence-electron chi connectivity index (χ3n) is 6.45. The number of methoxy groups -OCH3 is 1. The van der Waals surface area contributed by atoms with Gasteiger partial charge in [-0.05, 0) is 34.2 Å². The lowest BCUT2D eigenvalue weighted by Crippen LogP contribution is -2.51. The summed E-state index contributed by atoms with van der Waals surface area (Å²) in [6, 6.07) is 25.7. The van der Waals surface area contributed by atoms with Gasteiger partial charge in [-0.2, -0.15) is 0 Å². The van der Waals surface area contributed by atoms with Gasteiger partial charge in [0.2, 0.25) is 0 Å². The molecule has 3 aromatic rings. The Balaban J connectivity index is 1.80. The monoisotopic (exact) mass is 473 g/mol. The van der Waals surface area contributed by atoms with Gasteiger partial charge in [0, 0.05) is 19.1 Å². The Hall–Kier alpha value is -3.64. The number of esters is 1. The highest BCUT2D eigenvalue weighted by molar-refractivity contribution is 5.87. The van der Waals surface area contributed by atoms with Gasteiger partial charge in [-0.3, -0.25) is 4.79 Å². The van der Waals surface area contributed by atoms with E-state index in [4.69, 9.17) is 14.2 Å². The van der Waals surface area contributed by atoms with E-state index in [1.807, 2.05) is 73.7 Å². The van der Waals surface area contributed by atoms with E-state index in [0.29, 0.717) is 6.61 Å². The number of hydrogen-bond acceptors (Lipinski definition) is 5. The van der Waals surface area contributed by atoms with Crippen molar-refractivity contribution in [3.63, 3.8) is 0 Å². The van der Waals surface area contributed by atoms with Crippen molar-refractivity contribution in [2.45, 2.75) is 25.9 Å². The highest BCUT2D eigenvalue weighted by Crippen LogP contribution is 2.53. The second-order valence-corrected chi connectivity index (χ2v) is 8.72. The molecule has 0 heterocycles. The number of benzene rings is 3. The first kappa shape index (κ1) is 24.5. The summed E-state index contributed by atoms with van der Waals surface area (Å²) in [5.74, 6) is -0.794. The lowest BCUT2D eigenvalue weighted by Gasteiger charge is -2.37. The minimum absolute atomic E-state index is 0.00431. The Morgan fingerprint density at radius 1 is 0.886 bits per heavy atom. The van der Waals surface area contributed by atoms with Gasteiger partial charge in [-0.15, -0.1) is 0 Å². The number of carbonyl (C=O) groups excluding carboxylic acids is 2.